The first-order chi connectivity index (χ1) is 8.65. The monoisotopic (exact) mass is 254 g/mol. The quantitative estimate of drug-likeness (QED) is 0.762. The summed E-state index contributed by atoms with van der Waals surface area (Å²) < 4.78 is 7.35. The molecule has 0 aromatic carbocycles. The Hall–Kier alpha value is -0.910. The van der Waals surface area contributed by atoms with Crippen LogP contribution in [-0.4, -0.2) is 47.8 Å². The van der Waals surface area contributed by atoms with Gasteiger partial charge in [0.2, 0.25) is 0 Å². The SMILES string of the molecule is CCN(CCOC)C(CN)c1cncn1C(C)C. The van der Waals surface area contributed by atoms with Crippen molar-refractivity contribution in [1.82, 2.24) is 14.5 Å². The van der Waals surface area contributed by atoms with E-state index in [1.165, 1.54) is 5.69 Å². The van der Waals surface area contributed by atoms with Crippen molar-refractivity contribution in [3.05, 3.63) is 18.2 Å². The number of hydrogen-bond acceptors (Lipinski definition) is 4. The summed E-state index contributed by atoms with van der Waals surface area (Å²) in [7, 11) is 1.73. The summed E-state index contributed by atoms with van der Waals surface area (Å²) in [5.41, 5.74) is 7.14. The molecule has 5 nitrogen and oxygen atoms in total. The molecule has 0 saturated carbocycles. The lowest BCUT2D eigenvalue weighted by Crippen LogP contribution is -2.37. The van der Waals surface area contributed by atoms with Crippen molar-refractivity contribution in [1.29, 1.82) is 0 Å². The van der Waals surface area contributed by atoms with Crippen molar-refractivity contribution in [3.8, 4) is 0 Å². The molecule has 1 aromatic rings. The molecule has 0 radical (unpaired) electrons. The maximum absolute atomic E-state index is 5.96. The van der Waals surface area contributed by atoms with E-state index in [-0.39, 0.29) is 6.04 Å². The second-order valence-electron chi connectivity index (χ2n) is 4.69. The van der Waals surface area contributed by atoms with E-state index in [1.54, 1.807) is 7.11 Å². The summed E-state index contributed by atoms with van der Waals surface area (Å²) in [5, 5.41) is 0. The van der Waals surface area contributed by atoms with Crippen LogP contribution in [0.25, 0.3) is 0 Å². The highest BCUT2D eigenvalue weighted by Crippen LogP contribution is 2.21. The van der Waals surface area contributed by atoms with E-state index >= 15 is 0 Å². The minimum absolute atomic E-state index is 0.204. The summed E-state index contributed by atoms with van der Waals surface area (Å²) in [4.78, 5) is 6.59. The number of hydrogen-bond donors (Lipinski definition) is 1. The second kappa shape index (κ2) is 7.51. The third kappa shape index (κ3) is 3.54. The molecule has 0 fully saturated rings. The van der Waals surface area contributed by atoms with Gasteiger partial charge < -0.3 is 15.0 Å². The molecule has 2 N–H and O–H groups in total. The first-order valence-corrected chi connectivity index (χ1v) is 6.60. The Kier molecular flexibility index (Phi) is 6.32. The van der Waals surface area contributed by atoms with Crippen LogP contribution in [0, 0.1) is 0 Å². The van der Waals surface area contributed by atoms with Crippen molar-refractivity contribution in [2.75, 3.05) is 33.4 Å². The highest BCUT2D eigenvalue weighted by molar-refractivity contribution is 5.07. The number of imidazole rings is 1. The number of likely N-dealkylation sites (N-methyl/N-ethyl adjacent to an activating group) is 1. The molecule has 0 aliphatic rings. The minimum Gasteiger partial charge on any atom is -0.383 e. The van der Waals surface area contributed by atoms with Gasteiger partial charge >= 0.3 is 0 Å². The van der Waals surface area contributed by atoms with Crippen LogP contribution in [0.2, 0.25) is 0 Å². The zero-order valence-electron chi connectivity index (χ0n) is 12.0. The van der Waals surface area contributed by atoms with Crippen LogP contribution in [0.4, 0.5) is 0 Å². The second-order valence-corrected chi connectivity index (χ2v) is 4.69. The van der Waals surface area contributed by atoms with Crippen molar-refractivity contribution >= 4 is 0 Å². The Morgan fingerprint density at radius 2 is 2.22 bits per heavy atom. The van der Waals surface area contributed by atoms with Crippen LogP contribution in [0.3, 0.4) is 0 Å². The van der Waals surface area contributed by atoms with Gasteiger partial charge in [-0.1, -0.05) is 6.92 Å². The number of ether oxygens (including phenoxy) is 1. The van der Waals surface area contributed by atoms with Gasteiger partial charge in [0.25, 0.3) is 0 Å². The van der Waals surface area contributed by atoms with Gasteiger partial charge in [-0.15, -0.1) is 0 Å². The molecule has 0 aliphatic carbocycles. The Morgan fingerprint density at radius 3 is 2.72 bits per heavy atom. The molecule has 1 aromatic heterocycles. The van der Waals surface area contributed by atoms with Crippen LogP contribution in [0.5, 0.6) is 0 Å². The minimum atomic E-state index is 0.204. The lowest BCUT2D eigenvalue weighted by atomic mass is 10.1. The van der Waals surface area contributed by atoms with Gasteiger partial charge in [0.1, 0.15) is 0 Å². The number of nitrogens with two attached hydrogens (primary N) is 1. The fourth-order valence-corrected chi connectivity index (χ4v) is 2.20. The summed E-state index contributed by atoms with van der Waals surface area (Å²) in [6.07, 6.45) is 3.81. The van der Waals surface area contributed by atoms with Gasteiger partial charge in [0.05, 0.1) is 24.7 Å². The Bertz CT molecular complexity index is 337. The molecular weight excluding hydrogens is 228 g/mol. The summed E-state index contributed by atoms with van der Waals surface area (Å²) in [5.74, 6) is 0. The Labute approximate surface area is 110 Å². The third-order valence-corrected chi connectivity index (χ3v) is 3.25. The molecule has 0 amide bonds. The standard InChI is InChI=1S/C13H26N4O/c1-5-16(6-7-18-4)12(8-14)13-9-15-10-17(13)11(2)3/h9-12H,5-8,14H2,1-4H3. The molecule has 1 unspecified atom stereocenters. The zero-order valence-corrected chi connectivity index (χ0v) is 12.0. The van der Waals surface area contributed by atoms with E-state index in [4.69, 9.17) is 10.5 Å². The topological polar surface area (TPSA) is 56.3 Å². The molecule has 0 spiro atoms. The molecule has 1 atom stereocenters. The van der Waals surface area contributed by atoms with Crippen molar-refractivity contribution in [2.45, 2.75) is 32.9 Å². The van der Waals surface area contributed by atoms with Crippen molar-refractivity contribution in [3.63, 3.8) is 0 Å². The molecule has 0 bridgehead atoms. The van der Waals surface area contributed by atoms with Crippen LogP contribution in [0.15, 0.2) is 12.5 Å². The van der Waals surface area contributed by atoms with E-state index in [0.29, 0.717) is 12.6 Å². The van der Waals surface area contributed by atoms with Crippen LogP contribution in [0.1, 0.15) is 38.5 Å². The lowest BCUT2D eigenvalue weighted by Gasteiger charge is -2.30. The molecular formula is C13H26N4O. The maximum atomic E-state index is 5.96. The van der Waals surface area contributed by atoms with Crippen LogP contribution >= 0.6 is 0 Å². The molecule has 0 aliphatic heterocycles. The fraction of sp³-hybridized carbons (Fsp3) is 0.769. The van der Waals surface area contributed by atoms with Gasteiger partial charge in [0, 0.05) is 32.4 Å². The molecule has 1 heterocycles. The number of nitrogens with zero attached hydrogens (tertiary/aromatic N) is 3. The average molecular weight is 254 g/mol. The first-order valence-electron chi connectivity index (χ1n) is 6.60. The van der Waals surface area contributed by atoms with Gasteiger partial charge in [-0.2, -0.15) is 0 Å². The average Bonchev–Trinajstić information content (AvgIpc) is 2.83. The van der Waals surface area contributed by atoms with E-state index in [9.17, 15) is 0 Å². The maximum Gasteiger partial charge on any atom is 0.0951 e. The number of rotatable bonds is 8. The summed E-state index contributed by atoms with van der Waals surface area (Å²) >= 11 is 0. The normalized spacial score (nSPS) is 13.5. The van der Waals surface area contributed by atoms with E-state index in [1.807, 2.05) is 12.5 Å². The van der Waals surface area contributed by atoms with E-state index in [0.717, 1.165) is 19.7 Å². The predicted octanol–water partition coefficient (Wildman–Crippen LogP) is 1.43. The third-order valence-electron chi connectivity index (χ3n) is 3.25. The van der Waals surface area contributed by atoms with E-state index in [2.05, 4.69) is 35.2 Å². The summed E-state index contributed by atoms with van der Waals surface area (Å²) in [6.45, 7) is 9.62. The van der Waals surface area contributed by atoms with Gasteiger partial charge in [-0.3, -0.25) is 4.90 Å². The first kappa shape index (κ1) is 15.1. The smallest absolute Gasteiger partial charge is 0.0951 e. The van der Waals surface area contributed by atoms with Gasteiger partial charge in [0.15, 0.2) is 0 Å². The lowest BCUT2D eigenvalue weighted by molar-refractivity contribution is 0.122. The van der Waals surface area contributed by atoms with E-state index < -0.39 is 0 Å². The Morgan fingerprint density at radius 1 is 1.50 bits per heavy atom. The number of methoxy groups -OCH3 is 1. The highest BCUT2D eigenvalue weighted by Gasteiger charge is 2.21. The molecule has 1 rings (SSSR count). The summed E-state index contributed by atoms with van der Waals surface area (Å²) in [6, 6.07) is 0.604. The van der Waals surface area contributed by atoms with Crippen LogP contribution < -0.4 is 5.73 Å². The largest absolute Gasteiger partial charge is 0.383 e. The molecule has 5 heteroatoms. The Balaban J connectivity index is 2.89. The molecule has 104 valence electrons. The number of aromatic nitrogens is 2. The fourth-order valence-electron chi connectivity index (χ4n) is 2.20. The molecule has 18 heavy (non-hydrogen) atoms. The van der Waals surface area contributed by atoms with Gasteiger partial charge in [-0.05, 0) is 20.4 Å². The van der Waals surface area contributed by atoms with Gasteiger partial charge in [-0.25, -0.2) is 4.98 Å². The predicted molar refractivity (Wildman–Crippen MR) is 73.5 cm³/mol. The highest BCUT2D eigenvalue weighted by atomic mass is 16.5. The van der Waals surface area contributed by atoms with Crippen LogP contribution in [-0.2, 0) is 4.74 Å². The van der Waals surface area contributed by atoms with Crippen molar-refractivity contribution < 1.29 is 4.74 Å². The molecule has 0 saturated heterocycles. The van der Waals surface area contributed by atoms with Crippen molar-refractivity contribution in [2.24, 2.45) is 5.73 Å². The zero-order chi connectivity index (χ0) is 13.5.